The van der Waals surface area contributed by atoms with Crippen molar-refractivity contribution in [2.45, 2.75) is 31.8 Å². The summed E-state index contributed by atoms with van der Waals surface area (Å²) in [6.07, 6.45) is 3.33. The summed E-state index contributed by atoms with van der Waals surface area (Å²) in [4.78, 5) is 16.5. The molecule has 1 saturated heterocycles. The van der Waals surface area contributed by atoms with Crippen molar-refractivity contribution in [1.29, 1.82) is 0 Å². The monoisotopic (exact) mass is 304 g/mol. The molecule has 0 aliphatic carbocycles. The fraction of sp³-hybridized carbons (Fsp3) is 0.500. The first-order chi connectivity index (χ1) is 10.3. The lowest BCUT2D eigenvalue weighted by molar-refractivity contribution is -0.120. The molecule has 0 atom stereocenters. The quantitative estimate of drug-likeness (QED) is 0.891. The molecule has 0 unspecified atom stereocenters. The van der Waals surface area contributed by atoms with Gasteiger partial charge in [-0.25, -0.2) is 4.98 Å². The number of carbonyl (C=O) groups excluding carboxylic acids is 1. The Morgan fingerprint density at radius 1 is 1.33 bits per heavy atom. The van der Waals surface area contributed by atoms with Gasteiger partial charge in [0.2, 0.25) is 0 Å². The lowest BCUT2D eigenvalue weighted by Gasteiger charge is -2.22. The first kappa shape index (κ1) is 14.6. The van der Waals surface area contributed by atoms with E-state index in [1.807, 2.05) is 24.3 Å². The van der Waals surface area contributed by atoms with E-state index in [4.69, 9.17) is 4.74 Å². The van der Waals surface area contributed by atoms with E-state index in [-0.39, 0.29) is 5.78 Å². The van der Waals surface area contributed by atoms with Crippen LogP contribution < -0.4 is 5.32 Å². The number of nitrogens with zero attached hydrogens (tertiary/aromatic N) is 1. The van der Waals surface area contributed by atoms with Crippen molar-refractivity contribution in [1.82, 2.24) is 10.3 Å². The summed E-state index contributed by atoms with van der Waals surface area (Å²) >= 11 is 1.61. The lowest BCUT2D eigenvalue weighted by atomic mass is 10.1. The average Bonchev–Trinajstić information content (AvgIpc) is 2.90. The number of ether oxygens (including phenoxy) is 1. The molecule has 2 heterocycles. The Bertz CT molecular complexity index is 572. The first-order valence-electron chi connectivity index (χ1n) is 7.50. The van der Waals surface area contributed by atoms with Gasteiger partial charge in [-0.05, 0) is 38.1 Å². The smallest absolute Gasteiger partial charge is 0.141 e. The van der Waals surface area contributed by atoms with Crippen molar-refractivity contribution >= 4 is 27.3 Å². The van der Waals surface area contributed by atoms with Gasteiger partial charge >= 0.3 is 0 Å². The third-order valence-electron chi connectivity index (χ3n) is 3.71. The molecule has 4 nitrogen and oxygen atoms in total. The molecule has 1 N–H and O–H groups in total. The highest BCUT2D eigenvalue weighted by atomic mass is 32.1. The molecule has 0 saturated carbocycles. The molecule has 0 bridgehead atoms. The molecule has 1 aromatic heterocycles. The predicted molar refractivity (Wildman–Crippen MR) is 84.8 cm³/mol. The second-order valence-corrected chi connectivity index (χ2v) is 6.48. The standard InChI is InChI=1S/C16H20N2O2S/c19-12(7-10-20-13-5-8-17-9-6-13)11-16-18-14-3-1-2-4-15(14)21-16/h1-4,13,17H,5-11H2. The second-order valence-electron chi connectivity index (χ2n) is 5.36. The maximum absolute atomic E-state index is 12.0. The molecular formula is C16H20N2O2S. The topological polar surface area (TPSA) is 51.2 Å². The number of thiazole rings is 1. The molecule has 1 aromatic carbocycles. The van der Waals surface area contributed by atoms with Gasteiger partial charge in [-0.15, -0.1) is 11.3 Å². The summed E-state index contributed by atoms with van der Waals surface area (Å²) in [6, 6.07) is 8.00. The third-order valence-corrected chi connectivity index (χ3v) is 4.74. The van der Waals surface area contributed by atoms with Crippen LogP contribution in [0.15, 0.2) is 24.3 Å². The van der Waals surface area contributed by atoms with E-state index in [9.17, 15) is 4.79 Å². The van der Waals surface area contributed by atoms with Crippen molar-refractivity contribution < 1.29 is 9.53 Å². The number of ketones is 1. The maximum Gasteiger partial charge on any atom is 0.141 e. The van der Waals surface area contributed by atoms with Crippen molar-refractivity contribution in [2.24, 2.45) is 0 Å². The average molecular weight is 304 g/mol. The molecule has 112 valence electrons. The highest BCUT2D eigenvalue weighted by Gasteiger charge is 2.14. The van der Waals surface area contributed by atoms with Gasteiger partial charge in [-0.1, -0.05) is 12.1 Å². The van der Waals surface area contributed by atoms with Gasteiger partial charge < -0.3 is 10.1 Å². The van der Waals surface area contributed by atoms with Crippen LogP contribution in [-0.4, -0.2) is 36.6 Å². The van der Waals surface area contributed by atoms with E-state index >= 15 is 0 Å². The SMILES string of the molecule is O=C(CCOC1CCNCC1)Cc1nc2ccccc2s1. The molecular weight excluding hydrogens is 284 g/mol. The minimum Gasteiger partial charge on any atom is -0.378 e. The number of fused-ring (bicyclic) bond motifs is 1. The molecule has 1 fully saturated rings. The zero-order valence-corrected chi connectivity index (χ0v) is 12.8. The number of rotatable bonds is 6. The van der Waals surface area contributed by atoms with Crippen LogP contribution in [0.1, 0.15) is 24.3 Å². The van der Waals surface area contributed by atoms with Crippen LogP contribution >= 0.6 is 11.3 Å². The van der Waals surface area contributed by atoms with Crippen LogP contribution in [0.25, 0.3) is 10.2 Å². The fourth-order valence-corrected chi connectivity index (χ4v) is 3.55. The number of hydrogen-bond donors (Lipinski definition) is 1. The summed E-state index contributed by atoms with van der Waals surface area (Å²) in [6.45, 7) is 2.57. The van der Waals surface area contributed by atoms with Crippen molar-refractivity contribution in [3.63, 3.8) is 0 Å². The largest absolute Gasteiger partial charge is 0.378 e. The number of aromatic nitrogens is 1. The molecule has 0 spiro atoms. The minimum absolute atomic E-state index is 0.211. The normalized spacial score (nSPS) is 16.4. The minimum atomic E-state index is 0.211. The molecule has 3 rings (SSSR count). The predicted octanol–water partition coefficient (Wildman–Crippen LogP) is 2.57. The summed E-state index contributed by atoms with van der Waals surface area (Å²) in [5.74, 6) is 0.211. The van der Waals surface area contributed by atoms with E-state index in [1.54, 1.807) is 11.3 Å². The number of para-hydroxylation sites is 1. The van der Waals surface area contributed by atoms with Crippen LogP contribution in [0.5, 0.6) is 0 Å². The zero-order chi connectivity index (χ0) is 14.5. The molecule has 1 aliphatic heterocycles. The zero-order valence-electron chi connectivity index (χ0n) is 12.0. The van der Waals surface area contributed by atoms with Gasteiger partial charge in [-0.3, -0.25) is 4.79 Å². The number of Topliss-reactive ketones (excluding diaryl/α,β-unsaturated/α-hetero) is 1. The van der Waals surface area contributed by atoms with Crippen LogP contribution in [0.3, 0.4) is 0 Å². The van der Waals surface area contributed by atoms with E-state index in [1.165, 1.54) is 0 Å². The molecule has 5 heteroatoms. The number of benzene rings is 1. The first-order valence-corrected chi connectivity index (χ1v) is 8.31. The Kier molecular flexibility index (Phi) is 4.95. The van der Waals surface area contributed by atoms with E-state index < -0.39 is 0 Å². The number of piperidine rings is 1. The summed E-state index contributed by atoms with van der Waals surface area (Å²) < 4.78 is 6.92. The highest BCUT2D eigenvalue weighted by molar-refractivity contribution is 7.18. The van der Waals surface area contributed by atoms with Gasteiger partial charge in [0.1, 0.15) is 10.8 Å². The maximum atomic E-state index is 12.0. The Labute approximate surface area is 128 Å². The van der Waals surface area contributed by atoms with Crippen LogP contribution in [0.2, 0.25) is 0 Å². The molecule has 0 amide bonds. The van der Waals surface area contributed by atoms with Crippen molar-refractivity contribution in [3.05, 3.63) is 29.3 Å². The van der Waals surface area contributed by atoms with E-state index in [0.717, 1.165) is 41.2 Å². The lowest BCUT2D eigenvalue weighted by Crippen LogP contribution is -2.32. The van der Waals surface area contributed by atoms with Gasteiger partial charge in [0, 0.05) is 6.42 Å². The van der Waals surface area contributed by atoms with Crippen LogP contribution in [0, 0.1) is 0 Å². The van der Waals surface area contributed by atoms with Crippen LogP contribution in [0.4, 0.5) is 0 Å². The molecule has 0 radical (unpaired) electrons. The Morgan fingerprint density at radius 3 is 2.95 bits per heavy atom. The second kappa shape index (κ2) is 7.11. The summed E-state index contributed by atoms with van der Waals surface area (Å²) in [5, 5.41) is 4.21. The van der Waals surface area contributed by atoms with Gasteiger partial charge in [-0.2, -0.15) is 0 Å². The van der Waals surface area contributed by atoms with E-state index in [0.29, 0.717) is 25.6 Å². The number of hydrogen-bond acceptors (Lipinski definition) is 5. The van der Waals surface area contributed by atoms with E-state index in [2.05, 4.69) is 10.3 Å². The van der Waals surface area contributed by atoms with Gasteiger partial charge in [0.25, 0.3) is 0 Å². The number of nitrogens with one attached hydrogen (secondary N) is 1. The highest BCUT2D eigenvalue weighted by Crippen LogP contribution is 2.22. The molecule has 1 aliphatic rings. The summed E-state index contributed by atoms with van der Waals surface area (Å²) in [7, 11) is 0. The molecule has 21 heavy (non-hydrogen) atoms. The Morgan fingerprint density at radius 2 is 2.14 bits per heavy atom. The third kappa shape index (κ3) is 4.09. The fourth-order valence-electron chi connectivity index (χ4n) is 2.55. The van der Waals surface area contributed by atoms with Crippen LogP contribution in [-0.2, 0) is 16.0 Å². The summed E-state index contributed by atoms with van der Waals surface area (Å²) in [5.41, 5.74) is 0.983. The number of carbonyl (C=O) groups is 1. The Hall–Kier alpha value is -1.30. The molecule has 2 aromatic rings. The van der Waals surface area contributed by atoms with Crippen molar-refractivity contribution in [3.8, 4) is 0 Å². The van der Waals surface area contributed by atoms with Gasteiger partial charge in [0.05, 0.1) is 29.3 Å². The van der Waals surface area contributed by atoms with Gasteiger partial charge in [0.15, 0.2) is 0 Å². The Balaban J connectivity index is 1.45. The van der Waals surface area contributed by atoms with Crippen molar-refractivity contribution in [2.75, 3.05) is 19.7 Å².